The minimum atomic E-state index is -0.904. The Bertz CT molecular complexity index is 767. The number of para-hydroxylation sites is 1. The molecule has 1 aromatic carbocycles. The minimum absolute atomic E-state index is 0.0651. The van der Waals surface area contributed by atoms with Crippen molar-refractivity contribution in [3.05, 3.63) is 23.8 Å². The van der Waals surface area contributed by atoms with Crippen molar-refractivity contribution in [1.82, 2.24) is 15.2 Å². The van der Waals surface area contributed by atoms with E-state index in [-0.39, 0.29) is 25.1 Å². The predicted octanol–water partition coefficient (Wildman–Crippen LogP) is 1.10. The molecule has 3 rings (SSSR count). The molecule has 4 N–H and O–H groups in total. The normalized spacial score (nSPS) is 15.3. The zero-order valence-electron chi connectivity index (χ0n) is 13.6. The number of likely N-dealkylation sites (tertiary alicyclic amines) is 1. The molecule has 0 atom stereocenters. The van der Waals surface area contributed by atoms with Gasteiger partial charge in [-0.2, -0.15) is 4.98 Å². The standard InChI is InChI=1S/C16H20N4O5/c21-9-6-17-14(22)11-2-1-3-12-13(11)19-15(25-12)18-10-4-7-20(8-5-10)16(23)24/h1-3,10,21H,4-9H2,(H,17,22)(H,18,19)(H,23,24). The number of aliphatic hydroxyl groups is 1. The SMILES string of the molecule is O=C(NCCO)c1cccc2oc(NC3CCN(C(=O)O)CC3)nc12. The third kappa shape index (κ3) is 3.82. The predicted molar refractivity (Wildman–Crippen MR) is 89.7 cm³/mol. The summed E-state index contributed by atoms with van der Waals surface area (Å²) in [6, 6.07) is 5.45. The number of carbonyl (C=O) groups excluding carboxylic acids is 1. The van der Waals surface area contributed by atoms with Gasteiger partial charge in [0.25, 0.3) is 11.9 Å². The maximum atomic E-state index is 12.1. The Hall–Kier alpha value is -2.81. The minimum Gasteiger partial charge on any atom is -0.465 e. The Kier molecular flexibility index (Phi) is 5.03. The number of hydrogen-bond donors (Lipinski definition) is 4. The van der Waals surface area contributed by atoms with E-state index in [9.17, 15) is 9.59 Å². The average Bonchev–Trinajstić information content (AvgIpc) is 3.02. The lowest BCUT2D eigenvalue weighted by Crippen LogP contribution is -2.41. The molecule has 0 radical (unpaired) electrons. The fourth-order valence-corrected chi connectivity index (χ4v) is 2.85. The first kappa shape index (κ1) is 17.0. The molecule has 0 unspecified atom stereocenters. The highest BCUT2D eigenvalue weighted by atomic mass is 16.4. The number of piperidine rings is 1. The average molecular weight is 348 g/mol. The summed E-state index contributed by atoms with van der Waals surface area (Å²) in [7, 11) is 0. The van der Waals surface area contributed by atoms with Gasteiger partial charge in [-0.05, 0) is 25.0 Å². The fraction of sp³-hybridized carbons (Fsp3) is 0.438. The molecule has 0 spiro atoms. The molecule has 2 amide bonds. The Balaban J connectivity index is 1.71. The first-order chi connectivity index (χ1) is 12.1. The maximum Gasteiger partial charge on any atom is 0.407 e. The molecule has 25 heavy (non-hydrogen) atoms. The number of oxazole rings is 1. The molecule has 1 aliphatic heterocycles. The molecule has 2 aromatic rings. The van der Waals surface area contributed by atoms with Crippen LogP contribution >= 0.6 is 0 Å². The van der Waals surface area contributed by atoms with E-state index >= 15 is 0 Å². The summed E-state index contributed by atoms with van der Waals surface area (Å²) < 4.78 is 5.66. The van der Waals surface area contributed by atoms with Crippen molar-refractivity contribution in [3.8, 4) is 0 Å². The lowest BCUT2D eigenvalue weighted by atomic mass is 10.1. The number of amides is 2. The summed E-state index contributed by atoms with van der Waals surface area (Å²) in [5.41, 5.74) is 1.31. The quantitative estimate of drug-likeness (QED) is 0.637. The monoisotopic (exact) mass is 348 g/mol. The lowest BCUT2D eigenvalue weighted by Gasteiger charge is -2.29. The summed E-state index contributed by atoms with van der Waals surface area (Å²) in [5.74, 6) is -0.325. The van der Waals surface area contributed by atoms with Gasteiger partial charge in [-0.25, -0.2) is 4.79 Å². The molecule has 0 bridgehead atoms. The van der Waals surface area contributed by atoms with E-state index < -0.39 is 6.09 Å². The van der Waals surface area contributed by atoms with Gasteiger partial charge in [0.2, 0.25) is 0 Å². The van der Waals surface area contributed by atoms with Crippen LogP contribution in [0.2, 0.25) is 0 Å². The number of hydrogen-bond acceptors (Lipinski definition) is 6. The topological polar surface area (TPSA) is 128 Å². The largest absolute Gasteiger partial charge is 0.465 e. The molecule has 2 heterocycles. The van der Waals surface area contributed by atoms with E-state index in [4.69, 9.17) is 14.6 Å². The first-order valence-corrected chi connectivity index (χ1v) is 8.11. The second kappa shape index (κ2) is 7.39. The van der Waals surface area contributed by atoms with Crippen LogP contribution in [-0.2, 0) is 0 Å². The molecule has 1 aliphatic rings. The Morgan fingerprint density at radius 3 is 2.76 bits per heavy atom. The van der Waals surface area contributed by atoms with Gasteiger partial charge < -0.3 is 30.2 Å². The number of fused-ring (bicyclic) bond motifs is 1. The number of nitrogens with zero attached hydrogens (tertiary/aromatic N) is 2. The van der Waals surface area contributed by atoms with E-state index in [1.165, 1.54) is 4.90 Å². The van der Waals surface area contributed by atoms with Crippen LogP contribution in [-0.4, -0.2) is 64.4 Å². The summed E-state index contributed by atoms with van der Waals surface area (Å²) in [6.07, 6.45) is 0.419. The van der Waals surface area contributed by atoms with Gasteiger partial charge >= 0.3 is 6.09 Å². The van der Waals surface area contributed by atoms with Crippen LogP contribution in [0.25, 0.3) is 11.1 Å². The van der Waals surface area contributed by atoms with Crippen molar-refractivity contribution in [2.75, 3.05) is 31.6 Å². The van der Waals surface area contributed by atoms with Gasteiger partial charge in [-0.1, -0.05) is 6.07 Å². The van der Waals surface area contributed by atoms with Crippen LogP contribution in [0.4, 0.5) is 10.8 Å². The summed E-state index contributed by atoms with van der Waals surface area (Å²) in [4.78, 5) is 28.8. The van der Waals surface area contributed by atoms with Crippen LogP contribution in [0.15, 0.2) is 22.6 Å². The van der Waals surface area contributed by atoms with E-state index in [0.29, 0.717) is 48.6 Å². The van der Waals surface area contributed by atoms with Gasteiger partial charge in [0.05, 0.1) is 12.2 Å². The van der Waals surface area contributed by atoms with Crippen molar-refractivity contribution in [3.63, 3.8) is 0 Å². The maximum absolute atomic E-state index is 12.1. The highest BCUT2D eigenvalue weighted by Gasteiger charge is 2.23. The Labute approximate surface area is 143 Å². The highest BCUT2D eigenvalue weighted by molar-refractivity contribution is 6.04. The van der Waals surface area contributed by atoms with Gasteiger partial charge in [0.15, 0.2) is 5.58 Å². The second-order valence-electron chi connectivity index (χ2n) is 5.84. The molecular formula is C16H20N4O5. The molecule has 0 saturated carbocycles. The molecule has 9 nitrogen and oxygen atoms in total. The van der Waals surface area contributed by atoms with E-state index in [1.54, 1.807) is 18.2 Å². The van der Waals surface area contributed by atoms with E-state index in [1.807, 2.05) is 0 Å². The smallest absolute Gasteiger partial charge is 0.407 e. The number of nitrogens with one attached hydrogen (secondary N) is 2. The number of anilines is 1. The van der Waals surface area contributed by atoms with Gasteiger partial charge in [0.1, 0.15) is 5.52 Å². The number of carboxylic acid groups (broad SMARTS) is 1. The van der Waals surface area contributed by atoms with Crippen LogP contribution in [0, 0.1) is 0 Å². The van der Waals surface area contributed by atoms with Crippen molar-refractivity contribution < 1.29 is 24.2 Å². The van der Waals surface area contributed by atoms with Gasteiger partial charge in [0, 0.05) is 25.7 Å². The van der Waals surface area contributed by atoms with Crippen molar-refractivity contribution in [2.24, 2.45) is 0 Å². The van der Waals surface area contributed by atoms with Crippen LogP contribution in [0.3, 0.4) is 0 Å². The molecule has 134 valence electrons. The highest BCUT2D eigenvalue weighted by Crippen LogP contribution is 2.24. The van der Waals surface area contributed by atoms with Crippen molar-refractivity contribution >= 4 is 29.1 Å². The molecule has 9 heteroatoms. The molecule has 0 aliphatic carbocycles. The van der Waals surface area contributed by atoms with Crippen LogP contribution < -0.4 is 10.6 Å². The lowest BCUT2D eigenvalue weighted by molar-refractivity contribution is 0.0946. The number of benzene rings is 1. The second-order valence-corrected chi connectivity index (χ2v) is 5.84. The van der Waals surface area contributed by atoms with E-state index in [2.05, 4.69) is 15.6 Å². The zero-order valence-corrected chi connectivity index (χ0v) is 13.6. The molecule has 1 aromatic heterocycles. The zero-order chi connectivity index (χ0) is 17.8. The van der Waals surface area contributed by atoms with Crippen LogP contribution in [0.1, 0.15) is 23.2 Å². The number of aliphatic hydroxyl groups excluding tert-OH is 1. The molecule has 1 saturated heterocycles. The number of rotatable bonds is 5. The summed E-state index contributed by atoms with van der Waals surface area (Å²) >= 11 is 0. The summed E-state index contributed by atoms with van der Waals surface area (Å²) in [5, 5.41) is 23.6. The Morgan fingerprint density at radius 1 is 1.32 bits per heavy atom. The van der Waals surface area contributed by atoms with E-state index in [0.717, 1.165) is 0 Å². The first-order valence-electron chi connectivity index (χ1n) is 8.11. The Morgan fingerprint density at radius 2 is 2.08 bits per heavy atom. The van der Waals surface area contributed by atoms with Crippen LogP contribution in [0.5, 0.6) is 0 Å². The van der Waals surface area contributed by atoms with Gasteiger partial charge in [-0.15, -0.1) is 0 Å². The fourth-order valence-electron chi connectivity index (χ4n) is 2.85. The van der Waals surface area contributed by atoms with Gasteiger partial charge in [-0.3, -0.25) is 4.79 Å². The molecule has 1 fully saturated rings. The third-order valence-electron chi connectivity index (χ3n) is 4.15. The third-order valence-corrected chi connectivity index (χ3v) is 4.15. The van der Waals surface area contributed by atoms with Crippen molar-refractivity contribution in [2.45, 2.75) is 18.9 Å². The summed E-state index contributed by atoms with van der Waals surface area (Å²) in [6.45, 7) is 0.951. The number of aromatic nitrogens is 1. The number of carbonyl (C=O) groups is 2. The molecular weight excluding hydrogens is 328 g/mol. The van der Waals surface area contributed by atoms with Crippen molar-refractivity contribution in [1.29, 1.82) is 0 Å².